The van der Waals surface area contributed by atoms with Gasteiger partial charge in [-0.1, -0.05) is 24.8 Å². The average molecular weight is 482 g/mol. The van der Waals surface area contributed by atoms with Crippen LogP contribution in [0.15, 0.2) is 34.2 Å². The molecule has 0 N–H and O–H groups in total. The van der Waals surface area contributed by atoms with Gasteiger partial charge in [0.1, 0.15) is 5.75 Å². The topological polar surface area (TPSA) is 86.3 Å². The molecule has 0 radical (unpaired) electrons. The van der Waals surface area contributed by atoms with Crippen molar-refractivity contribution in [1.29, 1.82) is 0 Å². The lowest BCUT2D eigenvalue weighted by Gasteiger charge is -2.21. The molecule has 2 fully saturated rings. The lowest BCUT2D eigenvalue weighted by molar-refractivity contribution is 0.0985. The quantitative estimate of drug-likeness (QED) is 0.243. The first-order valence-corrected chi connectivity index (χ1v) is 12.8. The fourth-order valence-electron chi connectivity index (χ4n) is 5.24. The van der Waals surface area contributed by atoms with Gasteiger partial charge in [0, 0.05) is 37.7 Å². The number of fused-ring (bicyclic) bond motifs is 1. The molecule has 1 unspecified atom stereocenters. The molecule has 3 heterocycles. The van der Waals surface area contributed by atoms with E-state index in [2.05, 4.69) is 32.2 Å². The van der Waals surface area contributed by atoms with Crippen LogP contribution in [0, 0.1) is 12.8 Å². The Kier molecular flexibility index (Phi) is 6.24. The minimum atomic E-state index is 0.143. The van der Waals surface area contributed by atoms with Gasteiger partial charge in [-0.3, -0.25) is 4.79 Å². The predicted octanol–water partition coefficient (Wildman–Crippen LogP) is 4.14. The van der Waals surface area contributed by atoms with Crippen LogP contribution in [0.3, 0.4) is 0 Å². The van der Waals surface area contributed by atoms with Gasteiger partial charge in [0.2, 0.25) is 5.82 Å². The maximum Gasteiger partial charge on any atom is 0.202 e. The van der Waals surface area contributed by atoms with Crippen molar-refractivity contribution in [3.8, 4) is 17.3 Å². The zero-order valence-corrected chi connectivity index (χ0v) is 21.0. The van der Waals surface area contributed by atoms with Crippen molar-refractivity contribution >= 4 is 17.5 Å². The molecule has 1 saturated carbocycles. The number of carbonyl (C=O) groups excluding carboxylic acids is 1. The minimum absolute atomic E-state index is 0.143. The van der Waals surface area contributed by atoms with E-state index >= 15 is 0 Å². The first kappa shape index (κ1) is 23.1. The molecule has 1 aromatic carbocycles. The highest BCUT2D eigenvalue weighted by Gasteiger charge is 2.60. The largest absolute Gasteiger partial charge is 0.496 e. The van der Waals surface area contributed by atoms with Crippen molar-refractivity contribution in [1.82, 2.24) is 24.6 Å². The zero-order chi connectivity index (χ0) is 23.9. The van der Waals surface area contributed by atoms with Gasteiger partial charge in [-0.2, -0.15) is 0 Å². The number of aromatic nitrogens is 4. The molecule has 5 rings (SSSR count). The number of nitrogens with zero attached hydrogens (tertiary/aromatic N) is 5. The fraction of sp³-hybridized carbons (Fsp3) is 0.520. The predicted molar refractivity (Wildman–Crippen MR) is 130 cm³/mol. The maximum atomic E-state index is 12.4. The lowest BCUT2D eigenvalue weighted by atomic mass is 9.92. The molecule has 34 heavy (non-hydrogen) atoms. The van der Waals surface area contributed by atoms with Crippen LogP contribution in [-0.4, -0.2) is 62.9 Å². The second kappa shape index (κ2) is 9.19. The Morgan fingerprint density at radius 3 is 2.94 bits per heavy atom. The average Bonchev–Trinajstić information content (AvgIpc) is 3.13. The number of carbonyl (C=O) groups is 1. The smallest absolute Gasteiger partial charge is 0.202 e. The van der Waals surface area contributed by atoms with Crippen LogP contribution in [-0.2, 0) is 12.5 Å². The number of hydrogen-bond donors (Lipinski definition) is 0. The third kappa shape index (κ3) is 4.05. The second-order valence-corrected chi connectivity index (χ2v) is 10.4. The number of oxazole rings is 1. The van der Waals surface area contributed by atoms with Gasteiger partial charge in [0.25, 0.3) is 0 Å². The molecule has 0 amide bonds. The minimum Gasteiger partial charge on any atom is -0.496 e. The standard InChI is InChI=1S/C25H31N5O3S/c1-5-20(31)19-11-17(7-8-21(19)32-4)25-12-18(25)13-30(14-25)9-6-10-34-24-28-27-23(29(24)3)22-16(2)26-15-33-22/h7-8,11,15,18H,5-6,9-10,12-14H2,1-4H3/t18-,25?/m1/s1. The van der Waals surface area contributed by atoms with Crippen LogP contribution in [0.2, 0.25) is 0 Å². The molecule has 0 spiro atoms. The van der Waals surface area contributed by atoms with E-state index in [0.717, 1.165) is 48.2 Å². The van der Waals surface area contributed by atoms with Gasteiger partial charge in [0.15, 0.2) is 23.1 Å². The van der Waals surface area contributed by atoms with Crippen LogP contribution < -0.4 is 4.74 Å². The van der Waals surface area contributed by atoms with E-state index in [1.807, 2.05) is 31.5 Å². The molecular formula is C25H31N5O3S. The molecule has 3 aromatic rings. The van der Waals surface area contributed by atoms with Crippen LogP contribution >= 0.6 is 11.8 Å². The number of rotatable bonds is 10. The summed E-state index contributed by atoms with van der Waals surface area (Å²) in [6.07, 6.45) is 4.23. The van der Waals surface area contributed by atoms with E-state index in [1.165, 1.54) is 18.4 Å². The Morgan fingerprint density at radius 2 is 2.21 bits per heavy atom. The number of likely N-dealkylation sites (tertiary alicyclic amines) is 1. The van der Waals surface area contributed by atoms with Gasteiger partial charge < -0.3 is 18.6 Å². The normalized spacial score (nSPS) is 21.6. The van der Waals surface area contributed by atoms with Gasteiger partial charge in [-0.05, 0) is 49.9 Å². The van der Waals surface area contributed by atoms with Gasteiger partial charge in [-0.15, -0.1) is 10.2 Å². The van der Waals surface area contributed by atoms with Crippen LogP contribution in [0.1, 0.15) is 47.8 Å². The van der Waals surface area contributed by atoms with Gasteiger partial charge in [-0.25, -0.2) is 4.98 Å². The van der Waals surface area contributed by atoms with Gasteiger partial charge >= 0.3 is 0 Å². The Hall–Kier alpha value is -2.65. The van der Waals surface area contributed by atoms with Crippen molar-refractivity contribution in [3.05, 3.63) is 41.4 Å². The zero-order valence-electron chi connectivity index (χ0n) is 20.2. The van der Waals surface area contributed by atoms with Crippen molar-refractivity contribution in [3.63, 3.8) is 0 Å². The van der Waals surface area contributed by atoms with Crippen molar-refractivity contribution in [2.24, 2.45) is 13.0 Å². The highest BCUT2D eigenvalue weighted by atomic mass is 32.2. The third-order valence-corrected chi connectivity index (χ3v) is 8.35. The molecule has 2 aromatic heterocycles. The summed E-state index contributed by atoms with van der Waals surface area (Å²) in [6, 6.07) is 6.22. The molecule has 1 aliphatic carbocycles. The molecule has 9 heteroatoms. The van der Waals surface area contributed by atoms with Crippen molar-refractivity contribution in [2.75, 3.05) is 32.5 Å². The van der Waals surface area contributed by atoms with E-state index in [0.29, 0.717) is 29.7 Å². The summed E-state index contributed by atoms with van der Waals surface area (Å²) in [5, 5.41) is 9.51. The highest BCUT2D eigenvalue weighted by Crippen LogP contribution is 2.59. The summed E-state index contributed by atoms with van der Waals surface area (Å²) in [7, 11) is 3.59. The number of ether oxygens (including phenoxy) is 1. The van der Waals surface area contributed by atoms with Crippen molar-refractivity contribution in [2.45, 2.75) is 43.7 Å². The Bertz CT molecular complexity index is 1210. The summed E-state index contributed by atoms with van der Waals surface area (Å²) < 4.78 is 12.9. The number of benzene rings is 1. The first-order valence-electron chi connectivity index (χ1n) is 11.8. The highest BCUT2D eigenvalue weighted by molar-refractivity contribution is 7.99. The number of methoxy groups -OCH3 is 1. The van der Waals surface area contributed by atoms with E-state index in [-0.39, 0.29) is 11.2 Å². The van der Waals surface area contributed by atoms with Crippen LogP contribution in [0.4, 0.5) is 0 Å². The van der Waals surface area contributed by atoms with Crippen molar-refractivity contribution < 1.29 is 13.9 Å². The van der Waals surface area contributed by atoms with Crippen LogP contribution in [0.25, 0.3) is 11.6 Å². The fourth-order valence-corrected chi connectivity index (χ4v) is 6.07. The summed E-state index contributed by atoms with van der Waals surface area (Å²) in [4.78, 5) is 19.1. The molecule has 180 valence electrons. The molecule has 8 nitrogen and oxygen atoms in total. The number of hydrogen-bond acceptors (Lipinski definition) is 8. The Balaban J connectivity index is 1.16. The number of Topliss-reactive ketones (excluding diaryl/α,β-unsaturated/α-hetero) is 1. The molecule has 1 saturated heterocycles. The maximum absolute atomic E-state index is 12.4. The molecule has 0 bridgehead atoms. The summed E-state index contributed by atoms with van der Waals surface area (Å²) in [5.41, 5.74) is 3.04. The SMILES string of the molecule is CCC(=O)c1cc(C23C[C@@H]2CN(CCCSc2nnc(-c4ocnc4C)n2C)C3)ccc1OC. The van der Waals surface area contributed by atoms with E-state index in [9.17, 15) is 4.79 Å². The number of ketones is 1. The molecule has 1 aliphatic heterocycles. The third-order valence-electron chi connectivity index (χ3n) is 7.25. The summed E-state index contributed by atoms with van der Waals surface area (Å²) >= 11 is 1.72. The second-order valence-electron chi connectivity index (χ2n) is 9.32. The number of aryl methyl sites for hydroxylation is 1. The van der Waals surface area contributed by atoms with E-state index in [4.69, 9.17) is 9.15 Å². The summed E-state index contributed by atoms with van der Waals surface area (Å²) in [6.45, 7) is 7.06. The first-order chi connectivity index (χ1) is 16.5. The summed E-state index contributed by atoms with van der Waals surface area (Å²) in [5.74, 6) is 3.87. The van der Waals surface area contributed by atoms with Crippen LogP contribution in [0.5, 0.6) is 5.75 Å². The Labute approximate surface area is 204 Å². The molecule has 2 aliphatic rings. The number of thioether (sulfide) groups is 1. The molecule has 2 atom stereocenters. The number of piperidine rings is 1. The van der Waals surface area contributed by atoms with Gasteiger partial charge in [0.05, 0.1) is 18.4 Å². The van der Waals surface area contributed by atoms with E-state index in [1.54, 1.807) is 18.9 Å². The molecular weight excluding hydrogens is 450 g/mol. The Morgan fingerprint density at radius 1 is 1.35 bits per heavy atom. The van der Waals surface area contributed by atoms with E-state index < -0.39 is 0 Å². The lowest BCUT2D eigenvalue weighted by Crippen LogP contribution is -2.28. The monoisotopic (exact) mass is 481 g/mol.